The van der Waals surface area contributed by atoms with Gasteiger partial charge in [-0.1, -0.05) is 6.92 Å². The highest BCUT2D eigenvalue weighted by molar-refractivity contribution is 6.28. The van der Waals surface area contributed by atoms with E-state index >= 15 is 0 Å². The second-order valence-electron chi connectivity index (χ2n) is 3.88. The standard InChI is InChI=1S/C13H15ClN2O/c1-4-9-7-10(5-6-11(9)17-3)12-8(2)15-13(14)16-12/h5-7H,4H2,1-3H3,(H,15,16). The van der Waals surface area contributed by atoms with E-state index in [-0.39, 0.29) is 0 Å². The number of hydrogen-bond donors (Lipinski definition) is 1. The van der Waals surface area contributed by atoms with E-state index < -0.39 is 0 Å². The van der Waals surface area contributed by atoms with Crippen molar-refractivity contribution < 1.29 is 4.74 Å². The van der Waals surface area contributed by atoms with Gasteiger partial charge in [0.2, 0.25) is 5.28 Å². The van der Waals surface area contributed by atoms with Crippen molar-refractivity contribution in [1.29, 1.82) is 0 Å². The number of methoxy groups -OCH3 is 1. The largest absolute Gasteiger partial charge is 0.496 e. The van der Waals surface area contributed by atoms with Crippen LogP contribution in [0.15, 0.2) is 18.2 Å². The fourth-order valence-corrected chi connectivity index (χ4v) is 2.13. The molecule has 0 fully saturated rings. The zero-order valence-corrected chi connectivity index (χ0v) is 10.9. The molecule has 3 nitrogen and oxygen atoms in total. The van der Waals surface area contributed by atoms with Crippen LogP contribution in [0.5, 0.6) is 5.75 Å². The normalized spacial score (nSPS) is 10.6. The molecule has 1 aromatic carbocycles. The van der Waals surface area contributed by atoms with Gasteiger partial charge in [0.25, 0.3) is 0 Å². The summed E-state index contributed by atoms with van der Waals surface area (Å²) in [4.78, 5) is 7.28. The Morgan fingerprint density at radius 2 is 2.18 bits per heavy atom. The van der Waals surface area contributed by atoms with E-state index in [1.54, 1.807) is 7.11 Å². The summed E-state index contributed by atoms with van der Waals surface area (Å²) in [7, 11) is 1.69. The van der Waals surface area contributed by atoms with Crippen molar-refractivity contribution in [2.24, 2.45) is 0 Å². The van der Waals surface area contributed by atoms with Gasteiger partial charge in [-0.05, 0) is 48.7 Å². The highest BCUT2D eigenvalue weighted by Crippen LogP contribution is 2.28. The first-order valence-electron chi connectivity index (χ1n) is 5.55. The Hall–Kier alpha value is -1.48. The van der Waals surface area contributed by atoms with Crippen molar-refractivity contribution in [3.63, 3.8) is 0 Å². The Labute approximate surface area is 106 Å². The second-order valence-corrected chi connectivity index (χ2v) is 4.24. The summed E-state index contributed by atoms with van der Waals surface area (Å²) in [5.74, 6) is 0.913. The summed E-state index contributed by atoms with van der Waals surface area (Å²) in [5.41, 5.74) is 4.10. The third-order valence-electron chi connectivity index (χ3n) is 2.79. The van der Waals surface area contributed by atoms with Gasteiger partial charge in [0.15, 0.2) is 0 Å². The van der Waals surface area contributed by atoms with Crippen LogP contribution in [0.3, 0.4) is 0 Å². The molecule has 0 amide bonds. The third-order valence-corrected chi connectivity index (χ3v) is 2.97. The minimum Gasteiger partial charge on any atom is -0.496 e. The number of rotatable bonds is 3. The summed E-state index contributed by atoms with van der Waals surface area (Å²) in [5, 5.41) is 0.423. The van der Waals surface area contributed by atoms with Gasteiger partial charge in [0.05, 0.1) is 12.8 Å². The summed E-state index contributed by atoms with van der Waals surface area (Å²) in [6.07, 6.45) is 0.925. The number of ether oxygens (including phenoxy) is 1. The van der Waals surface area contributed by atoms with E-state index in [1.807, 2.05) is 19.1 Å². The summed E-state index contributed by atoms with van der Waals surface area (Å²) < 4.78 is 5.31. The molecule has 2 rings (SSSR count). The molecule has 4 heteroatoms. The third kappa shape index (κ3) is 2.29. The van der Waals surface area contributed by atoms with E-state index in [2.05, 4.69) is 23.0 Å². The average Bonchev–Trinajstić information content (AvgIpc) is 2.67. The van der Waals surface area contributed by atoms with Gasteiger partial charge in [0, 0.05) is 11.3 Å². The minimum absolute atomic E-state index is 0.423. The molecule has 1 heterocycles. The number of benzene rings is 1. The van der Waals surface area contributed by atoms with Crippen molar-refractivity contribution in [3.8, 4) is 17.0 Å². The lowest BCUT2D eigenvalue weighted by Crippen LogP contribution is -1.92. The Morgan fingerprint density at radius 1 is 1.41 bits per heavy atom. The molecule has 0 radical (unpaired) electrons. The zero-order chi connectivity index (χ0) is 12.4. The number of halogens is 1. The fourth-order valence-electron chi connectivity index (χ4n) is 1.91. The quantitative estimate of drug-likeness (QED) is 0.904. The first-order chi connectivity index (χ1) is 8.15. The molecule has 0 saturated carbocycles. The van der Waals surface area contributed by atoms with Gasteiger partial charge in [-0.2, -0.15) is 0 Å². The van der Waals surface area contributed by atoms with Crippen LogP contribution in [-0.2, 0) is 6.42 Å². The van der Waals surface area contributed by atoms with Crippen LogP contribution in [0.25, 0.3) is 11.3 Å². The maximum absolute atomic E-state index is 5.86. The first kappa shape index (κ1) is 12.0. The molecule has 2 aromatic rings. The molecule has 0 aliphatic heterocycles. The summed E-state index contributed by atoms with van der Waals surface area (Å²) in [6.45, 7) is 4.07. The Kier molecular flexibility index (Phi) is 3.38. The summed E-state index contributed by atoms with van der Waals surface area (Å²) in [6, 6.07) is 6.06. The highest BCUT2D eigenvalue weighted by atomic mass is 35.5. The molecular formula is C13H15ClN2O. The van der Waals surface area contributed by atoms with Crippen LogP contribution >= 0.6 is 11.6 Å². The number of aryl methyl sites for hydroxylation is 2. The molecule has 0 unspecified atom stereocenters. The predicted molar refractivity (Wildman–Crippen MR) is 69.7 cm³/mol. The van der Waals surface area contributed by atoms with E-state index in [4.69, 9.17) is 16.3 Å². The molecule has 0 aliphatic carbocycles. The molecular weight excluding hydrogens is 236 g/mol. The van der Waals surface area contributed by atoms with Crippen molar-refractivity contribution >= 4 is 11.6 Å². The lowest BCUT2D eigenvalue weighted by molar-refractivity contribution is 0.410. The number of hydrogen-bond acceptors (Lipinski definition) is 2. The lowest BCUT2D eigenvalue weighted by atomic mass is 10.0. The van der Waals surface area contributed by atoms with Crippen molar-refractivity contribution in [1.82, 2.24) is 9.97 Å². The van der Waals surface area contributed by atoms with Gasteiger partial charge >= 0.3 is 0 Å². The highest BCUT2D eigenvalue weighted by Gasteiger charge is 2.10. The molecule has 0 spiro atoms. The number of aromatic amines is 1. The van der Waals surface area contributed by atoms with Crippen LogP contribution in [0, 0.1) is 6.92 Å². The monoisotopic (exact) mass is 250 g/mol. The topological polar surface area (TPSA) is 37.9 Å². The smallest absolute Gasteiger partial charge is 0.200 e. The van der Waals surface area contributed by atoms with Crippen LogP contribution in [0.2, 0.25) is 5.28 Å². The van der Waals surface area contributed by atoms with Gasteiger partial charge < -0.3 is 9.72 Å². The molecule has 0 aliphatic rings. The number of nitrogens with one attached hydrogen (secondary N) is 1. The molecule has 0 saturated heterocycles. The maximum atomic E-state index is 5.86. The van der Waals surface area contributed by atoms with E-state index in [9.17, 15) is 0 Å². The zero-order valence-electron chi connectivity index (χ0n) is 10.2. The van der Waals surface area contributed by atoms with E-state index in [1.165, 1.54) is 5.56 Å². The molecule has 0 bridgehead atoms. The van der Waals surface area contributed by atoms with Gasteiger partial charge in [-0.15, -0.1) is 0 Å². The van der Waals surface area contributed by atoms with Gasteiger partial charge in [0.1, 0.15) is 5.75 Å². The number of H-pyrrole nitrogens is 1. The second kappa shape index (κ2) is 4.80. The van der Waals surface area contributed by atoms with E-state index in [0.717, 1.165) is 29.1 Å². The van der Waals surface area contributed by atoms with Gasteiger partial charge in [-0.25, -0.2) is 4.98 Å². The first-order valence-corrected chi connectivity index (χ1v) is 5.93. The van der Waals surface area contributed by atoms with Crippen LogP contribution in [0.4, 0.5) is 0 Å². The Morgan fingerprint density at radius 3 is 2.71 bits per heavy atom. The van der Waals surface area contributed by atoms with Crippen LogP contribution < -0.4 is 4.74 Å². The minimum atomic E-state index is 0.423. The number of aromatic nitrogens is 2. The van der Waals surface area contributed by atoms with Crippen molar-refractivity contribution in [2.45, 2.75) is 20.3 Å². The molecule has 17 heavy (non-hydrogen) atoms. The number of nitrogens with zero attached hydrogens (tertiary/aromatic N) is 1. The maximum Gasteiger partial charge on any atom is 0.200 e. The van der Waals surface area contributed by atoms with E-state index in [0.29, 0.717) is 5.28 Å². The molecule has 90 valence electrons. The Bertz CT molecular complexity index is 534. The predicted octanol–water partition coefficient (Wildman–Crippen LogP) is 3.61. The van der Waals surface area contributed by atoms with Crippen molar-refractivity contribution in [3.05, 3.63) is 34.7 Å². The lowest BCUT2D eigenvalue weighted by Gasteiger charge is -2.08. The summed E-state index contributed by atoms with van der Waals surface area (Å²) >= 11 is 5.86. The fraction of sp³-hybridized carbons (Fsp3) is 0.308. The molecule has 1 aromatic heterocycles. The van der Waals surface area contributed by atoms with Crippen LogP contribution in [-0.4, -0.2) is 17.1 Å². The Balaban J connectivity index is 2.50. The van der Waals surface area contributed by atoms with Gasteiger partial charge in [-0.3, -0.25) is 0 Å². The SMILES string of the molecule is CCc1cc(-c2nc(Cl)[nH]c2C)ccc1OC. The average molecular weight is 251 g/mol. The molecule has 1 N–H and O–H groups in total. The molecule has 0 atom stereocenters. The van der Waals surface area contributed by atoms with Crippen molar-refractivity contribution in [2.75, 3.05) is 7.11 Å². The van der Waals surface area contributed by atoms with Crippen LogP contribution in [0.1, 0.15) is 18.2 Å². The number of imidazole rings is 1.